The van der Waals surface area contributed by atoms with E-state index in [1.165, 1.54) is 6.07 Å². The number of Topliss-reactive ketones (excluding diaryl/α,β-unsaturated/α-hetero) is 1. The number of carbonyl (C=O) groups excluding carboxylic acids is 2. The average molecular weight is 450 g/mol. The Hall–Kier alpha value is -3.58. The van der Waals surface area contributed by atoms with Crippen LogP contribution in [0.4, 0.5) is 14.5 Å². The maximum atomic E-state index is 13.9. The second-order valence-corrected chi connectivity index (χ2v) is 7.92. The number of fused-ring (bicyclic) bond motifs is 1. The summed E-state index contributed by atoms with van der Waals surface area (Å²) >= 11 is 0. The standard InChI is InChI=1S/C26H24F2N2O3/c1-16-14-20-23(31)6-3-11-29-12-13-33-24(20)15-19(16)17-7-9-18(10-8-17)30-26(32)25-21(27)4-2-5-22(25)28/h2,4-5,7-10,14-15,29H,3,6,11-13H2,1H3,(H,30,32). The molecule has 3 aromatic rings. The number of halogens is 2. The van der Waals surface area contributed by atoms with Gasteiger partial charge in [-0.1, -0.05) is 18.2 Å². The molecule has 1 aliphatic heterocycles. The zero-order valence-electron chi connectivity index (χ0n) is 18.2. The SMILES string of the molecule is Cc1cc2c(cc1-c1ccc(NC(=O)c3c(F)cccc3F)cc1)OCCNCCCC2=O. The van der Waals surface area contributed by atoms with Crippen molar-refractivity contribution in [3.05, 3.63) is 82.9 Å². The van der Waals surface area contributed by atoms with Crippen molar-refractivity contribution < 1.29 is 23.1 Å². The first-order valence-corrected chi connectivity index (χ1v) is 10.8. The molecule has 0 aromatic heterocycles. The van der Waals surface area contributed by atoms with Crippen molar-refractivity contribution in [3.63, 3.8) is 0 Å². The number of anilines is 1. The molecule has 1 heterocycles. The Morgan fingerprint density at radius 3 is 2.45 bits per heavy atom. The number of hydrogen-bond donors (Lipinski definition) is 2. The van der Waals surface area contributed by atoms with E-state index in [1.54, 1.807) is 24.3 Å². The van der Waals surface area contributed by atoms with Gasteiger partial charge in [-0.2, -0.15) is 0 Å². The highest BCUT2D eigenvalue weighted by atomic mass is 19.1. The first-order valence-electron chi connectivity index (χ1n) is 10.8. The van der Waals surface area contributed by atoms with Crippen LogP contribution in [0, 0.1) is 18.6 Å². The van der Waals surface area contributed by atoms with E-state index >= 15 is 0 Å². The van der Waals surface area contributed by atoms with Crippen LogP contribution in [0.5, 0.6) is 5.75 Å². The lowest BCUT2D eigenvalue weighted by Gasteiger charge is -2.17. The topological polar surface area (TPSA) is 67.4 Å². The highest BCUT2D eigenvalue weighted by molar-refractivity contribution is 6.04. The maximum Gasteiger partial charge on any atom is 0.261 e. The van der Waals surface area contributed by atoms with Crippen molar-refractivity contribution >= 4 is 17.4 Å². The summed E-state index contributed by atoms with van der Waals surface area (Å²) in [5.41, 5.74) is 3.05. The Labute approximate surface area is 190 Å². The van der Waals surface area contributed by atoms with Crippen molar-refractivity contribution in [2.45, 2.75) is 19.8 Å². The number of hydrogen-bond acceptors (Lipinski definition) is 4. The Bertz CT molecular complexity index is 1170. The fraction of sp³-hybridized carbons (Fsp3) is 0.231. The lowest BCUT2D eigenvalue weighted by molar-refractivity contribution is 0.0972. The lowest BCUT2D eigenvalue weighted by Crippen LogP contribution is -2.24. The fourth-order valence-electron chi connectivity index (χ4n) is 3.84. The van der Waals surface area contributed by atoms with Gasteiger partial charge in [0.15, 0.2) is 5.78 Å². The molecule has 5 nitrogen and oxygen atoms in total. The van der Waals surface area contributed by atoms with Crippen LogP contribution in [-0.2, 0) is 0 Å². The molecule has 0 aliphatic carbocycles. The molecule has 170 valence electrons. The van der Waals surface area contributed by atoms with Crippen molar-refractivity contribution in [3.8, 4) is 16.9 Å². The number of benzene rings is 3. The van der Waals surface area contributed by atoms with Crippen LogP contribution in [-0.4, -0.2) is 31.4 Å². The number of amides is 1. The monoisotopic (exact) mass is 450 g/mol. The van der Waals surface area contributed by atoms with Gasteiger partial charge in [0.1, 0.15) is 29.6 Å². The predicted octanol–water partition coefficient (Wildman–Crippen LogP) is 5.14. The minimum Gasteiger partial charge on any atom is -0.491 e. The van der Waals surface area contributed by atoms with E-state index in [2.05, 4.69) is 10.6 Å². The summed E-state index contributed by atoms with van der Waals surface area (Å²) in [7, 11) is 0. The second kappa shape index (κ2) is 9.92. The molecule has 1 amide bonds. The number of carbonyl (C=O) groups is 2. The van der Waals surface area contributed by atoms with Crippen LogP contribution < -0.4 is 15.4 Å². The number of ketones is 1. The van der Waals surface area contributed by atoms with E-state index in [4.69, 9.17) is 4.74 Å². The van der Waals surface area contributed by atoms with Gasteiger partial charge in [-0.15, -0.1) is 0 Å². The van der Waals surface area contributed by atoms with Crippen LogP contribution in [0.1, 0.15) is 39.1 Å². The fourth-order valence-corrected chi connectivity index (χ4v) is 3.84. The van der Waals surface area contributed by atoms with Crippen molar-refractivity contribution in [1.82, 2.24) is 5.32 Å². The summed E-state index contributed by atoms with van der Waals surface area (Å²) in [6.45, 7) is 3.88. The summed E-state index contributed by atoms with van der Waals surface area (Å²) in [5.74, 6) is -2.09. The molecule has 0 spiro atoms. The van der Waals surface area contributed by atoms with Crippen LogP contribution in [0.3, 0.4) is 0 Å². The first-order chi connectivity index (χ1) is 15.9. The molecule has 4 rings (SSSR count). The normalized spacial score (nSPS) is 14.2. The molecule has 2 N–H and O–H groups in total. The van der Waals surface area contributed by atoms with E-state index in [0.717, 1.165) is 41.8 Å². The largest absolute Gasteiger partial charge is 0.491 e. The Morgan fingerprint density at radius 1 is 1.00 bits per heavy atom. The van der Waals surface area contributed by atoms with Gasteiger partial charge in [-0.3, -0.25) is 9.59 Å². The van der Waals surface area contributed by atoms with Crippen LogP contribution >= 0.6 is 0 Å². The zero-order chi connectivity index (χ0) is 23.4. The molecule has 0 fully saturated rings. The number of ether oxygens (including phenoxy) is 1. The van der Waals surface area contributed by atoms with Crippen LogP contribution in [0.15, 0.2) is 54.6 Å². The van der Waals surface area contributed by atoms with Gasteiger partial charge >= 0.3 is 0 Å². The molecule has 7 heteroatoms. The quantitative estimate of drug-likeness (QED) is 0.580. The molecule has 3 aromatic carbocycles. The van der Waals surface area contributed by atoms with Gasteiger partial charge in [0.25, 0.3) is 5.91 Å². The van der Waals surface area contributed by atoms with Gasteiger partial charge < -0.3 is 15.4 Å². The zero-order valence-corrected chi connectivity index (χ0v) is 18.2. The summed E-state index contributed by atoms with van der Waals surface area (Å²) in [6, 6.07) is 13.9. The molecule has 0 unspecified atom stereocenters. The maximum absolute atomic E-state index is 13.9. The number of nitrogens with one attached hydrogen (secondary N) is 2. The Balaban J connectivity index is 1.58. The third kappa shape index (κ3) is 5.09. The molecule has 0 saturated carbocycles. The van der Waals surface area contributed by atoms with Crippen molar-refractivity contribution in [1.29, 1.82) is 0 Å². The second-order valence-electron chi connectivity index (χ2n) is 7.92. The third-order valence-electron chi connectivity index (χ3n) is 5.56. The summed E-state index contributed by atoms with van der Waals surface area (Å²) in [6.07, 6.45) is 1.24. The van der Waals surface area contributed by atoms with Crippen LogP contribution in [0.2, 0.25) is 0 Å². The van der Waals surface area contributed by atoms with E-state index in [1.807, 2.05) is 19.1 Å². The lowest BCUT2D eigenvalue weighted by atomic mass is 9.95. The summed E-state index contributed by atoms with van der Waals surface area (Å²) in [4.78, 5) is 25.0. The van der Waals surface area contributed by atoms with Gasteiger partial charge in [0, 0.05) is 18.7 Å². The van der Waals surface area contributed by atoms with Gasteiger partial charge in [-0.25, -0.2) is 8.78 Å². The summed E-state index contributed by atoms with van der Waals surface area (Å²) in [5, 5.41) is 5.77. The number of aryl methyl sites for hydroxylation is 1. The Morgan fingerprint density at radius 2 is 1.73 bits per heavy atom. The molecular weight excluding hydrogens is 426 g/mol. The van der Waals surface area contributed by atoms with Crippen LogP contribution in [0.25, 0.3) is 11.1 Å². The van der Waals surface area contributed by atoms with E-state index in [-0.39, 0.29) is 5.78 Å². The molecule has 0 radical (unpaired) electrons. The van der Waals surface area contributed by atoms with Gasteiger partial charge in [0.05, 0.1) is 5.56 Å². The van der Waals surface area contributed by atoms with E-state index in [9.17, 15) is 18.4 Å². The average Bonchev–Trinajstić information content (AvgIpc) is 2.79. The smallest absolute Gasteiger partial charge is 0.261 e. The minimum atomic E-state index is -0.920. The first kappa shape index (κ1) is 22.6. The highest BCUT2D eigenvalue weighted by Gasteiger charge is 2.19. The molecule has 33 heavy (non-hydrogen) atoms. The number of rotatable bonds is 3. The van der Waals surface area contributed by atoms with E-state index in [0.29, 0.717) is 36.6 Å². The van der Waals surface area contributed by atoms with Gasteiger partial charge in [-0.05, 0) is 73.0 Å². The van der Waals surface area contributed by atoms with Crippen molar-refractivity contribution in [2.75, 3.05) is 25.0 Å². The molecule has 0 bridgehead atoms. The van der Waals surface area contributed by atoms with E-state index < -0.39 is 23.1 Å². The molecule has 0 atom stereocenters. The third-order valence-corrected chi connectivity index (χ3v) is 5.56. The summed E-state index contributed by atoms with van der Waals surface area (Å²) < 4.78 is 33.6. The van der Waals surface area contributed by atoms with Crippen molar-refractivity contribution in [2.24, 2.45) is 0 Å². The van der Waals surface area contributed by atoms with Gasteiger partial charge in [0.2, 0.25) is 0 Å². The minimum absolute atomic E-state index is 0.0572. The molecule has 1 aliphatic rings. The molecule has 0 saturated heterocycles. The Kier molecular flexibility index (Phi) is 6.79. The molecular formula is C26H24F2N2O3. The highest BCUT2D eigenvalue weighted by Crippen LogP contribution is 2.33. The predicted molar refractivity (Wildman–Crippen MR) is 123 cm³/mol.